The normalized spacial score (nSPS) is 14.2. The standard InChI is InChI=1S/C14H16N6O/c21-13(16-15-12-8-4-5-9-12)10-20-18-14(17-19-20)11-6-2-1-3-7-11/h1-3,6-7H,4-5,8-10H2,(H,16,21). The molecule has 0 bridgehead atoms. The highest BCUT2D eigenvalue weighted by Gasteiger charge is 2.11. The highest BCUT2D eigenvalue weighted by atomic mass is 16.2. The quantitative estimate of drug-likeness (QED) is 0.860. The van der Waals surface area contributed by atoms with Crippen molar-refractivity contribution < 1.29 is 4.79 Å². The maximum Gasteiger partial charge on any atom is 0.263 e. The summed E-state index contributed by atoms with van der Waals surface area (Å²) < 4.78 is 0. The molecule has 108 valence electrons. The smallest absolute Gasteiger partial charge is 0.263 e. The number of rotatable bonds is 4. The fourth-order valence-corrected chi connectivity index (χ4v) is 2.21. The fourth-order valence-electron chi connectivity index (χ4n) is 2.21. The van der Waals surface area contributed by atoms with Gasteiger partial charge in [-0.05, 0) is 30.9 Å². The van der Waals surface area contributed by atoms with Gasteiger partial charge in [0.2, 0.25) is 5.82 Å². The first-order valence-corrected chi connectivity index (χ1v) is 6.99. The third-order valence-electron chi connectivity index (χ3n) is 3.29. The molecule has 7 heteroatoms. The van der Waals surface area contributed by atoms with E-state index < -0.39 is 0 Å². The van der Waals surface area contributed by atoms with Gasteiger partial charge in [-0.2, -0.15) is 9.90 Å². The molecule has 1 amide bonds. The molecule has 1 aliphatic rings. The van der Waals surface area contributed by atoms with E-state index in [1.165, 1.54) is 4.80 Å². The van der Waals surface area contributed by atoms with Crippen LogP contribution in [0.1, 0.15) is 25.7 Å². The van der Waals surface area contributed by atoms with Gasteiger partial charge in [0.1, 0.15) is 6.54 Å². The van der Waals surface area contributed by atoms with Crippen molar-refractivity contribution in [2.24, 2.45) is 5.10 Å². The Morgan fingerprint density at radius 3 is 2.76 bits per heavy atom. The molecule has 1 aliphatic carbocycles. The summed E-state index contributed by atoms with van der Waals surface area (Å²) in [7, 11) is 0. The molecule has 3 rings (SSSR count). The van der Waals surface area contributed by atoms with E-state index in [2.05, 4.69) is 25.9 Å². The van der Waals surface area contributed by atoms with Gasteiger partial charge in [-0.1, -0.05) is 30.3 Å². The monoisotopic (exact) mass is 284 g/mol. The van der Waals surface area contributed by atoms with Crippen LogP contribution >= 0.6 is 0 Å². The molecule has 1 N–H and O–H groups in total. The number of amides is 1. The second kappa shape index (κ2) is 6.25. The summed E-state index contributed by atoms with van der Waals surface area (Å²) >= 11 is 0. The van der Waals surface area contributed by atoms with Crippen LogP contribution in [0.15, 0.2) is 35.4 Å². The maximum absolute atomic E-state index is 11.8. The Labute approximate surface area is 122 Å². The molecule has 0 atom stereocenters. The number of aromatic nitrogens is 4. The summed E-state index contributed by atoms with van der Waals surface area (Å²) in [5.41, 5.74) is 4.47. The average Bonchev–Trinajstić information content (AvgIpc) is 3.17. The SMILES string of the molecule is O=C(Cn1nnc(-c2ccccc2)n1)NN=C1CCCC1. The minimum Gasteiger partial charge on any atom is -0.271 e. The molecule has 2 aromatic rings. The molecule has 21 heavy (non-hydrogen) atoms. The van der Waals surface area contributed by atoms with Gasteiger partial charge in [0.15, 0.2) is 0 Å². The van der Waals surface area contributed by atoms with Crippen LogP contribution in [0.25, 0.3) is 11.4 Å². The summed E-state index contributed by atoms with van der Waals surface area (Å²) in [6, 6.07) is 9.52. The number of tetrazole rings is 1. The first-order valence-electron chi connectivity index (χ1n) is 6.99. The zero-order valence-electron chi connectivity index (χ0n) is 11.6. The van der Waals surface area contributed by atoms with Crippen molar-refractivity contribution in [1.29, 1.82) is 0 Å². The van der Waals surface area contributed by atoms with E-state index in [0.717, 1.165) is 37.0 Å². The van der Waals surface area contributed by atoms with Crippen molar-refractivity contribution in [3.05, 3.63) is 30.3 Å². The third kappa shape index (κ3) is 3.50. The van der Waals surface area contributed by atoms with Crippen molar-refractivity contribution in [3.8, 4) is 11.4 Å². The Balaban J connectivity index is 1.59. The van der Waals surface area contributed by atoms with E-state index in [-0.39, 0.29) is 12.5 Å². The molecule has 1 saturated carbocycles. The highest BCUT2D eigenvalue weighted by Crippen LogP contribution is 2.14. The predicted molar refractivity (Wildman–Crippen MR) is 77.3 cm³/mol. The maximum atomic E-state index is 11.8. The van der Waals surface area contributed by atoms with Crippen molar-refractivity contribution >= 4 is 11.6 Å². The van der Waals surface area contributed by atoms with Crippen molar-refractivity contribution in [2.75, 3.05) is 0 Å². The summed E-state index contributed by atoms with van der Waals surface area (Å²) in [4.78, 5) is 13.0. The fraction of sp³-hybridized carbons (Fsp3) is 0.357. The zero-order valence-corrected chi connectivity index (χ0v) is 11.6. The Morgan fingerprint density at radius 1 is 1.24 bits per heavy atom. The van der Waals surface area contributed by atoms with Crippen molar-refractivity contribution in [2.45, 2.75) is 32.2 Å². The summed E-state index contributed by atoms with van der Waals surface area (Å²) in [5.74, 6) is 0.261. The molecule has 0 saturated heterocycles. The molecular formula is C14H16N6O. The third-order valence-corrected chi connectivity index (χ3v) is 3.29. The Hall–Kier alpha value is -2.57. The van der Waals surface area contributed by atoms with Crippen LogP contribution in [0.3, 0.4) is 0 Å². The van der Waals surface area contributed by atoms with Gasteiger partial charge < -0.3 is 0 Å². The van der Waals surface area contributed by atoms with Crippen molar-refractivity contribution in [3.63, 3.8) is 0 Å². The molecule has 0 aliphatic heterocycles. The lowest BCUT2D eigenvalue weighted by atomic mass is 10.2. The van der Waals surface area contributed by atoms with Gasteiger partial charge >= 0.3 is 0 Å². The van der Waals surface area contributed by atoms with Gasteiger partial charge in [-0.15, -0.1) is 10.2 Å². The first-order chi connectivity index (χ1) is 10.3. The van der Waals surface area contributed by atoms with Gasteiger partial charge in [-0.25, -0.2) is 5.43 Å². The number of nitrogens with one attached hydrogen (secondary N) is 1. The molecule has 0 spiro atoms. The minimum atomic E-state index is -0.244. The molecule has 1 aromatic carbocycles. The number of hydrogen-bond acceptors (Lipinski definition) is 5. The largest absolute Gasteiger partial charge is 0.271 e. The van der Waals surface area contributed by atoms with Gasteiger partial charge in [0.25, 0.3) is 5.91 Å². The number of carbonyl (C=O) groups is 1. The van der Waals surface area contributed by atoms with Crippen LogP contribution in [0.5, 0.6) is 0 Å². The summed E-state index contributed by atoms with van der Waals surface area (Å²) in [6.45, 7) is 0.0105. The highest BCUT2D eigenvalue weighted by molar-refractivity contribution is 5.87. The Kier molecular flexibility index (Phi) is 3.99. The van der Waals surface area contributed by atoms with E-state index in [1.54, 1.807) is 0 Å². The number of carbonyl (C=O) groups excluding carboxylic acids is 1. The predicted octanol–water partition coefficient (Wildman–Crippen LogP) is 1.39. The lowest BCUT2D eigenvalue weighted by Gasteiger charge is -1.99. The average molecular weight is 284 g/mol. The molecule has 0 radical (unpaired) electrons. The van der Waals surface area contributed by atoms with Gasteiger partial charge in [0, 0.05) is 11.3 Å². The molecule has 0 unspecified atom stereocenters. The summed E-state index contributed by atoms with van der Waals surface area (Å²) in [6.07, 6.45) is 4.25. The molecule has 7 nitrogen and oxygen atoms in total. The van der Waals surface area contributed by atoms with Crippen LogP contribution in [0, 0.1) is 0 Å². The lowest BCUT2D eigenvalue weighted by Crippen LogP contribution is -2.25. The van der Waals surface area contributed by atoms with Gasteiger partial charge in [-0.3, -0.25) is 4.79 Å². The minimum absolute atomic E-state index is 0.0105. The van der Waals surface area contributed by atoms with Crippen LogP contribution in [-0.2, 0) is 11.3 Å². The number of nitrogens with zero attached hydrogens (tertiary/aromatic N) is 5. The Bertz CT molecular complexity index is 640. The molecule has 1 fully saturated rings. The second-order valence-electron chi connectivity index (χ2n) is 4.93. The van der Waals surface area contributed by atoms with Crippen LogP contribution in [0.2, 0.25) is 0 Å². The number of benzene rings is 1. The van der Waals surface area contributed by atoms with E-state index in [1.807, 2.05) is 30.3 Å². The van der Waals surface area contributed by atoms with E-state index in [4.69, 9.17) is 0 Å². The van der Waals surface area contributed by atoms with E-state index in [9.17, 15) is 4.79 Å². The van der Waals surface area contributed by atoms with Crippen LogP contribution < -0.4 is 5.43 Å². The van der Waals surface area contributed by atoms with E-state index in [0.29, 0.717) is 5.82 Å². The first kappa shape index (κ1) is 13.4. The summed E-state index contributed by atoms with van der Waals surface area (Å²) in [5, 5.41) is 16.1. The van der Waals surface area contributed by atoms with E-state index >= 15 is 0 Å². The Morgan fingerprint density at radius 2 is 2.00 bits per heavy atom. The number of hydrogen-bond donors (Lipinski definition) is 1. The van der Waals surface area contributed by atoms with Crippen LogP contribution in [-0.4, -0.2) is 31.8 Å². The molecular weight excluding hydrogens is 268 g/mol. The topological polar surface area (TPSA) is 85.1 Å². The lowest BCUT2D eigenvalue weighted by molar-refractivity contribution is -0.122. The molecule has 1 heterocycles. The zero-order chi connectivity index (χ0) is 14.5. The van der Waals surface area contributed by atoms with Crippen molar-refractivity contribution in [1.82, 2.24) is 25.6 Å². The second-order valence-corrected chi connectivity index (χ2v) is 4.93. The number of hydrazone groups is 1. The van der Waals surface area contributed by atoms with Crippen LogP contribution in [0.4, 0.5) is 0 Å². The molecule has 1 aromatic heterocycles. The van der Waals surface area contributed by atoms with Gasteiger partial charge in [0.05, 0.1) is 0 Å².